The Kier molecular flexibility index (Phi) is 5.23. The molecule has 136 valence electrons. The number of hydrogen-bond acceptors (Lipinski definition) is 5. The molecule has 0 saturated heterocycles. The Bertz CT molecular complexity index is 1070. The monoisotopic (exact) mass is 380 g/mol. The number of rotatable bonds is 4. The predicted octanol–water partition coefficient (Wildman–Crippen LogP) is 3.31. The van der Waals surface area contributed by atoms with E-state index in [2.05, 4.69) is 20.6 Å². The van der Waals surface area contributed by atoms with Crippen LogP contribution in [0.4, 0.5) is 17.1 Å². The molecule has 27 heavy (non-hydrogen) atoms. The second-order valence-corrected chi connectivity index (χ2v) is 6.03. The van der Waals surface area contributed by atoms with Crippen LogP contribution in [0.1, 0.15) is 6.92 Å². The molecule has 3 rings (SSSR count). The molecule has 0 saturated carbocycles. The molecule has 1 aromatic heterocycles. The third-order valence-corrected chi connectivity index (χ3v) is 3.78. The lowest BCUT2D eigenvalue weighted by Gasteiger charge is -2.01. The van der Waals surface area contributed by atoms with Gasteiger partial charge in [0.15, 0.2) is 10.8 Å². The number of benzene rings is 2. The number of nitrogens with two attached hydrogens (primary N) is 1. The molecule has 1 amide bonds. The number of nitrogens with zero attached hydrogens (tertiary/aromatic N) is 3. The van der Waals surface area contributed by atoms with E-state index in [9.17, 15) is 9.59 Å². The van der Waals surface area contributed by atoms with Crippen LogP contribution < -0.4 is 16.6 Å². The summed E-state index contributed by atoms with van der Waals surface area (Å²) in [4.78, 5) is 23.6. The molecule has 0 atom stereocenters. The number of carbonyl (C=O) groups is 1. The highest BCUT2D eigenvalue weighted by Crippen LogP contribution is 2.27. The Labute approximate surface area is 159 Å². The molecule has 9 heteroatoms. The molecule has 0 aliphatic heterocycles. The van der Waals surface area contributed by atoms with E-state index < -0.39 is 5.56 Å². The molecule has 1 heterocycles. The van der Waals surface area contributed by atoms with Crippen molar-refractivity contribution >= 4 is 40.3 Å². The van der Waals surface area contributed by atoms with Gasteiger partial charge in [-0.2, -0.15) is 9.80 Å². The molecule has 4 N–H and O–H groups in total. The molecular formula is C18H16N6O2S. The van der Waals surface area contributed by atoms with Gasteiger partial charge in [-0.25, -0.2) is 0 Å². The van der Waals surface area contributed by atoms with Crippen molar-refractivity contribution in [3.05, 3.63) is 65.0 Å². The van der Waals surface area contributed by atoms with E-state index >= 15 is 0 Å². The minimum absolute atomic E-state index is 0.0972. The minimum Gasteiger partial charge on any atom is -0.374 e. The van der Waals surface area contributed by atoms with Crippen molar-refractivity contribution in [3.8, 4) is 11.3 Å². The van der Waals surface area contributed by atoms with Gasteiger partial charge >= 0.3 is 5.56 Å². The molecule has 0 radical (unpaired) electrons. The fourth-order valence-corrected chi connectivity index (χ4v) is 2.53. The van der Waals surface area contributed by atoms with Gasteiger partial charge in [-0.15, -0.1) is 5.11 Å². The molecule has 0 aliphatic rings. The average Bonchev–Trinajstić information content (AvgIpc) is 2.98. The van der Waals surface area contributed by atoms with Gasteiger partial charge in [-0.3, -0.25) is 14.7 Å². The first kappa shape index (κ1) is 18.2. The summed E-state index contributed by atoms with van der Waals surface area (Å²) < 4.78 is 1.05. The summed E-state index contributed by atoms with van der Waals surface area (Å²) in [5.74, 6) is -0.164. The lowest BCUT2D eigenvalue weighted by molar-refractivity contribution is -0.114. The zero-order chi connectivity index (χ0) is 19.4. The first-order valence-corrected chi connectivity index (χ1v) is 8.36. The van der Waals surface area contributed by atoms with Crippen LogP contribution in [0.5, 0.6) is 0 Å². The summed E-state index contributed by atoms with van der Waals surface area (Å²) in [7, 11) is 0. The van der Waals surface area contributed by atoms with Crippen molar-refractivity contribution in [2.45, 2.75) is 6.92 Å². The molecule has 3 aromatic rings. The Morgan fingerprint density at radius 3 is 2.37 bits per heavy atom. The number of thiocarbonyl (C=S) groups is 1. The number of hydrogen-bond donors (Lipinski definition) is 3. The second-order valence-electron chi connectivity index (χ2n) is 5.61. The Hall–Kier alpha value is -3.59. The first-order chi connectivity index (χ1) is 13.0. The Balaban J connectivity index is 1.98. The molecule has 8 nitrogen and oxygen atoms in total. The van der Waals surface area contributed by atoms with Gasteiger partial charge < -0.3 is 11.1 Å². The van der Waals surface area contributed by atoms with E-state index in [1.807, 2.05) is 30.3 Å². The van der Waals surface area contributed by atoms with Crippen molar-refractivity contribution in [3.63, 3.8) is 0 Å². The molecule has 0 aliphatic carbocycles. The van der Waals surface area contributed by atoms with Gasteiger partial charge in [0, 0.05) is 18.2 Å². The zero-order valence-electron chi connectivity index (χ0n) is 14.3. The summed E-state index contributed by atoms with van der Waals surface area (Å²) in [6.45, 7) is 1.43. The van der Waals surface area contributed by atoms with Crippen LogP contribution in [0, 0.1) is 0 Å². The van der Waals surface area contributed by atoms with Gasteiger partial charge in [-0.1, -0.05) is 30.3 Å². The van der Waals surface area contributed by atoms with E-state index in [0.717, 1.165) is 10.2 Å². The predicted molar refractivity (Wildman–Crippen MR) is 108 cm³/mol. The van der Waals surface area contributed by atoms with Crippen molar-refractivity contribution in [2.75, 3.05) is 5.32 Å². The van der Waals surface area contributed by atoms with Crippen molar-refractivity contribution in [2.24, 2.45) is 16.0 Å². The fourth-order valence-electron chi connectivity index (χ4n) is 2.40. The fraction of sp³-hybridized carbons (Fsp3) is 0.0556. The highest BCUT2D eigenvalue weighted by atomic mass is 32.1. The summed E-state index contributed by atoms with van der Waals surface area (Å²) >= 11 is 4.90. The Morgan fingerprint density at radius 2 is 1.78 bits per heavy atom. The van der Waals surface area contributed by atoms with Gasteiger partial charge in [0.05, 0.1) is 11.4 Å². The molecule has 0 bridgehead atoms. The molecule has 2 aromatic carbocycles. The zero-order valence-corrected chi connectivity index (χ0v) is 15.2. The van der Waals surface area contributed by atoms with Crippen molar-refractivity contribution in [1.29, 1.82) is 0 Å². The van der Waals surface area contributed by atoms with E-state index in [0.29, 0.717) is 17.1 Å². The summed E-state index contributed by atoms with van der Waals surface area (Å²) in [5.41, 5.74) is 7.58. The van der Waals surface area contributed by atoms with Gasteiger partial charge in [-0.05, 0) is 36.5 Å². The lowest BCUT2D eigenvalue weighted by Crippen LogP contribution is -2.29. The molecule has 0 fully saturated rings. The van der Waals surface area contributed by atoms with Crippen LogP contribution in [0.2, 0.25) is 0 Å². The molecular weight excluding hydrogens is 364 g/mol. The van der Waals surface area contributed by atoms with Gasteiger partial charge in [0.2, 0.25) is 5.91 Å². The largest absolute Gasteiger partial charge is 0.374 e. The number of anilines is 1. The number of aromatic amines is 1. The lowest BCUT2D eigenvalue weighted by atomic mass is 10.1. The highest BCUT2D eigenvalue weighted by molar-refractivity contribution is 7.80. The van der Waals surface area contributed by atoms with Gasteiger partial charge in [0.25, 0.3) is 0 Å². The van der Waals surface area contributed by atoms with Crippen molar-refractivity contribution in [1.82, 2.24) is 9.78 Å². The normalized spacial score (nSPS) is 10.9. The summed E-state index contributed by atoms with van der Waals surface area (Å²) in [6.07, 6.45) is 0. The molecule has 0 spiro atoms. The molecule has 0 unspecified atom stereocenters. The minimum atomic E-state index is -0.486. The van der Waals surface area contributed by atoms with Crippen LogP contribution in [0.3, 0.4) is 0 Å². The average molecular weight is 380 g/mol. The number of nitrogens with one attached hydrogen (secondary N) is 2. The van der Waals surface area contributed by atoms with Gasteiger partial charge in [0.1, 0.15) is 0 Å². The quantitative estimate of drug-likeness (QED) is 0.475. The topological polar surface area (TPSA) is 118 Å². The van der Waals surface area contributed by atoms with Crippen molar-refractivity contribution < 1.29 is 4.79 Å². The third kappa shape index (κ3) is 4.15. The number of carbonyl (C=O) groups excluding carboxylic acids is 1. The highest BCUT2D eigenvalue weighted by Gasteiger charge is 2.16. The maximum absolute atomic E-state index is 12.6. The maximum Gasteiger partial charge on any atom is 0.301 e. The maximum atomic E-state index is 12.6. The van der Waals surface area contributed by atoms with Crippen LogP contribution in [0.15, 0.2) is 69.6 Å². The summed E-state index contributed by atoms with van der Waals surface area (Å²) in [5, 5.41) is 13.6. The Morgan fingerprint density at radius 1 is 1.11 bits per heavy atom. The SMILES string of the molecule is CC(=O)Nc1ccc(N=Nc2c(-c3ccccc3)[nH]n(C(N)=S)c2=O)cc1. The first-order valence-electron chi connectivity index (χ1n) is 7.95. The number of H-pyrrole nitrogens is 1. The number of aromatic nitrogens is 2. The number of amides is 1. The van der Waals surface area contributed by atoms with E-state index in [4.69, 9.17) is 18.0 Å². The second kappa shape index (κ2) is 7.75. The van der Waals surface area contributed by atoms with Crippen LogP contribution in [-0.4, -0.2) is 20.8 Å². The van der Waals surface area contributed by atoms with E-state index in [-0.39, 0.29) is 16.7 Å². The van der Waals surface area contributed by atoms with E-state index in [1.165, 1.54) is 6.92 Å². The van der Waals surface area contributed by atoms with Crippen LogP contribution in [-0.2, 0) is 4.79 Å². The summed E-state index contributed by atoms with van der Waals surface area (Å²) in [6, 6.07) is 15.9. The number of azo groups is 1. The van der Waals surface area contributed by atoms with Crippen LogP contribution in [0.25, 0.3) is 11.3 Å². The van der Waals surface area contributed by atoms with Crippen LogP contribution >= 0.6 is 12.2 Å². The standard InChI is InChI=1S/C18H16N6O2S/c1-11(25)20-13-7-9-14(10-8-13)21-22-16-15(12-5-3-2-4-6-12)23-24(17(16)26)18(19)27/h2-10,23H,1H3,(H2,19,27)(H,20,25). The smallest absolute Gasteiger partial charge is 0.301 e. The van der Waals surface area contributed by atoms with E-state index in [1.54, 1.807) is 24.3 Å². The third-order valence-electron chi connectivity index (χ3n) is 3.60.